The van der Waals surface area contributed by atoms with Crippen molar-refractivity contribution in [1.82, 2.24) is 9.80 Å². The summed E-state index contributed by atoms with van der Waals surface area (Å²) >= 11 is 0. The summed E-state index contributed by atoms with van der Waals surface area (Å²) in [4.78, 5) is 31.3. The first kappa shape index (κ1) is 20.9. The predicted octanol–water partition coefficient (Wildman–Crippen LogP) is 4.91. The van der Waals surface area contributed by atoms with Gasteiger partial charge in [-0.2, -0.15) is 0 Å². The molecule has 0 radical (unpaired) electrons. The third-order valence-electron chi connectivity index (χ3n) is 6.88. The minimum atomic E-state index is -0.677. The second-order valence-electron chi connectivity index (χ2n) is 8.86. The summed E-state index contributed by atoms with van der Waals surface area (Å²) in [5, 5.41) is 0.421. The van der Waals surface area contributed by atoms with E-state index in [0.29, 0.717) is 28.6 Å². The van der Waals surface area contributed by atoms with E-state index in [1.54, 1.807) is 47.6 Å². The average Bonchev–Trinajstić information content (AvgIpc) is 3.61. The lowest BCUT2D eigenvalue weighted by Gasteiger charge is -2.33. The van der Waals surface area contributed by atoms with E-state index in [9.17, 15) is 14.0 Å². The van der Waals surface area contributed by atoms with E-state index in [1.807, 2.05) is 12.1 Å². The van der Waals surface area contributed by atoms with E-state index < -0.39 is 6.04 Å². The summed E-state index contributed by atoms with van der Waals surface area (Å²) in [7, 11) is 0. The predicted molar refractivity (Wildman–Crippen MR) is 124 cm³/mol. The molecule has 1 saturated heterocycles. The quantitative estimate of drug-likeness (QED) is 0.425. The maximum absolute atomic E-state index is 13.8. The highest BCUT2D eigenvalue weighted by atomic mass is 19.1. The van der Waals surface area contributed by atoms with Crippen molar-refractivity contribution in [2.24, 2.45) is 0 Å². The van der Waals surface area contributed by atoms with Crippen molar-refractivity contribution in [1.29, 1.82) is 0 Å². The Balaban J connectivity index is 1.50. The Hall–Kier alpha value is -3.71. The lowest BCUT2D eigenvalue weighted by molar-refractivity contribution is 0.0643. The fourth-order valence-corrected chi connectivity index (χ4v) is 5.25. The Morgan fingerprint density at radius 3 is 2.47 bits per heavy atom. The monoisotopic (exact) mass is 458 g/mol. The molecule has 1 fully saturated rings. The average molecular weight is 458 g/mol. The van der Waals surface area contributed by atoms with Crippen LogP contribution < -0.4 is 5.43 Å². The second-order valence-corrected chi connectivity index (χ2v) is 8.86. The molecule has 172 valence electrons. The van der Waals surface area contributed by atoms with Crippen molar-refractivity contribution in [3.8, 4) is 0 Å². The molecule has 6 rings (SSSR count). The van der Waals surface area contributed by atoms with Gasteiger partial charge in [0.2, 0.25) is 5.76 Å². The largest absolute Gasteiger partial charge is 0.468 e. The van der Waals surface area contributed by atoms with Gasteiger partial charge < -0.3 is 13.7 Å². The van der Waals surface area contributed by atoms with Gasteiger partial charge in [-0.15, -0.1) is 0 Å². The molecule has 0 N–H and O–H groups in total. The van der Waals surface area contributed by atoms with E-state index in [4.69, 9.17) is 8.83 Å². The summed E-state index contributed by atoms with van der Waals surface area (Å²) in [6.45, 7) is 2.12. The summed E-state index contributed by atoms with van der Waals surface area (Å²) < 4.78 is 25.5. The number of likely N-dealkylation sites (tertiary alicyclic amines) is 1. The van der Waals surface area contributed by atoms with Crippen LogP contribution in [-0.4, -0.2) is 35.3 Å². The molecule has 2 atom stereocenters. The highest BCUT2D eigenvalue weighted by Crippen LogP contribution is 2.40. The summed E-state index contributed by atoms with van der Waals surface area (Å²) in [5.41, 5.74) is 1.10. The van der Waals surface area contributed by atoms with Crippen LogP contribution in [0.25, 0.3) is 11.0 Å². The normalized spacial score (nSPS) is 19.1. The zero-order valence-electron chi connectivity index (χ0n) is 18.4. The first-order chi connectivity index (χ1) is 16.6. The molecule has 0 spiro atoms. The number of carbonyl (C=O) groups excluding carboxylic acids is 1. The van der Waals surface area contributed by atoms with Gasteiger partial charge in [0.25, 0.3) is 5.91 Å². The molecule has 34 heavy (non-hydrogen) atoms. The molecular weight excluding hydrogens is 435 g/mol. The number of fused-ring (bicyclic) bond motifs is 2. The van der Waals surface area contributed by atoms with Gasteiger partial charge >= 0.3 is 0 Å². The standard InChI is InChI=1S/C27H23FN2O4/c28-18-11-9-17(10-12-18)24-23-25(31)19-6-1-2-7-21(19)34-26(23)27(32)30(24)16-20(22-8-5-15-33-22)29-13-3-4-14-29/h1-2,5-12,15,20,24H,3-4,13-14,16H2/t20-,24-/m1/s1. The summed E-state index contributed by atoms with van der Waals surface area (Å²) in [5.74, 6) is 0.101. The van der Waals surface area contributed by atoms with Gasteiger partial charge in [0, 0.05) is 6.54 Å². The van der Waals surface area contributed by atoms with E-state index in [0.717, 1.165) is 31.7 Å². The molecule has 0 aliphatic carbocycles. The Morgan fingerprint density at radius 1 is 0.971 bits per heavy atom. The summed E-state index contributed by atoms with van der Waals surface area (Å²) in [6.07, 6.45) is 3.80. The molecule has 0 unspecified atom stereocenters. The fraction of sp³-hybridized carbons (Fsp3) is 0.259. The Kier molecular flexibility index (Phi) is 5.07. The highest BCUT2D eigenvalue weighted by molar-refractivity contribution is 5.99. The zero-order valence-corrected chi connectivity index (χ0v) is 18.4. The van der Waals surface area contributed by atoms with Crippen molar-refractivity contribution >= 4 is 16.9 Å². The second kappa shape index (κ2) is 8.25. The number of amides is 1. The van der Waals surface area contributed by atoms with Crippen molar-refractivity contribution < 1.29 is 18.0 Å². The fourth-order valence-electron chi connectivity index (χ4n) is 5.25. The van der Waals surface area contributed by atoms with Crippen LogP contribution in [0.15, 0.2) is 80.6 Å². The van der Waals surface area contributed by atoms with Crippen molar-refractivity contribution in [2.75, 3.05) is 19.6 Å². The van der Waals surface area contributed by atoms with Crippen LogP contribution in [0.3, 0.4) is 0 Å². The zero-order chi connectivity index (χ0) is 23.2. The van der Waals surface area contributed by atoms with Crippen molar-refractivity contribution in [2.45, 2.75) is 24.9 Å². The van der Waals surface area contributed by atoms with Gasteiger partial charge in [-0.25, -0.2) is 4.39 Å². The molecule has 4 heterocycles. The lowest BCUT2D eigenvalue weighted by Crippen LogP contribution is -2.39. The number of rotatable bonds is 5. The van der Waals surface area contributed by atoms with Gasteiger partial charge in [-0.3, -0.25) is 14.5 Å². The Bertz CT molecular complexity index is 1410. The lowest BCUT2D eigenvalue weighted by atomic mass is 9.98. The van der Waals surface area contributed by atoms with E-state index in [2.05, 4.69) is 4.90 Å². The first-order valence-electron chi connectivity index (χ1n) is 11.5. The third-order valence-corrected chi connectivity index (χ3v) is 6.88. The number of para-hydroxylation sites is 1. The van der Waals surface area contributed by atoms with Crippen LogP contribution >= 0.6 is 0 Å². The topological polar surface area (TPSA) is 66.9 Å². The van der Waals surface area contributed by atoms with Gasteiger partial charge in [0.1, 0.15) is 17.2 Å². The third kappa shape index (κ3) is 3.35. The van der Waals surface area contributed by atoms with Crippen LogP contribution in [0.1, 0.15) is 52.4 Å². The number of hydrogen-bond donors (Lipinski definition) is 0. The molecular formula is C27H23FN2O4. The maximum atomic E-state index is 13.8. The van der Waals surface area contributed by atoms with Gasteiger partial charge in [-0.1, -0.05) is 24.3 Å². The number of benzene rings is 2. The van der Waals surface area contributed by atoms with Gasteiger partial charge in [-0.05, 0) is 67.9 Å². The molecule has 7 heteroatoms. The molecule has 2 aliphatic heterocycles. The minimum absolute atomic E-state index is 0.0534. The van der Waals surface area contributed by atoms with Crippen LogP contribution in [0.2, 0.25) is 0 Å². The molecule has 2 aromatic heterocycles. The molecule has 1 amide bonds. The molecule has 4 aromatic rings. The molecule has 6 nitrogen and oxygen atoms in total. The van der Waals surface area contributed by atoms with Crippen LogP contribution in [-0.2, 0) is 0 Å². The number of hydrogen-bond acceptors (Lipinski definition) is 5. The van der Waals surface area contributed by atoms with E-state index in [1.165, 1.54) is 12.1 Å². The molecule has 0 saturated carbocycles. The summed E-state index contributed by atoms with van der Waals surface area (Å²) in [6, 6.07) is 15.8. The number of halogens is 1. The van der Waals surface area contributed by atoms with Crippen LogP contribution in [0.5, 0.6) is 0 Å². The van der Waals surface area contributed by atoms with E-state index in [-0.39, 0.29) is 29.0 Å². The molecule has 2 aromatic carbocycles. The smallest absolute Gasteiger partial charge is 0.290 e. The molecule has 2 aliphatic rings. The minimum Gasteiger partial charge on any atom is -0.468 e. The number of nitrogens with zero attached hydrogens (tertiary/aromatic N) is 2. The Labute approximate surface area is 195 Å². The van der Waals surface area contributed by atoms with E-state index >= 15 is 0 Å². The van der Waals surface area contributed by atoms with Crippen molar-refractivity contribution in [3.05, 3.63) is 106 Å². The highest BCUT2D eigenvalue weighted by Gasteiger charge is 2.44. The SMILES string of the molecule is O=C1c2oc3ccccc3c(=O)c2[C@@H](c2ccc(F)cc2)N1C[C@H](c1ccco1)N1CCCC1. The van der Waals surface area contributed by atoms with Crippen LogP contribution in [0, 0.1) is 5.82 Å². The van der Waals surface area contributed by atoms with Gasteiger partial charge in [0.15, 0.2) is 5.43 Å². The maximum Gasteiger partial charge on any atom is 0.290 e. The first-order valence-corrected chi connectivity index (χ1v) is 11.5. The number of furan rings is 1. The van der Waals surface area contributed by atoms with Crippen molar-refractivity contribution in [3.63, 3.8) is 0 Å². The van der Waals surface area contributed by atoms with Crippen LogP contribution in [0.4, 0.5) is 4.39 Å². The molecule has 0 bridgehead atoms. The number of carbonyl (C=O) groups is 1. The Morgan fingerprint density at radius 2 is 1.74 bits per heavy atom. The van der Waals surface area contributed by atoms with Gasteiger partial charge in [0.05, 0.1) is 29.3 Å².